The number of hydrogen-bond donors (Lipinski definition) is 1. The summed E-state index contributed by atoms with van der Waals surface area (Å²) in [5, 5.41) is 13.3. The molecule has 6 nitrogen and oxygen atoms in total. The van der Waals surface area contributed by atoms with Gasteiger partial charge in [0.2, 0.25) is 6.23 Å². The zero-order valence-electron chi connectivity index (χ0n) is 9.53. The second-order valence-corrected chi connectivity index (χ2v) is 4.99. The molecule has 1 unspecified atom stereocenters. The molecule has 1 aliphatic rings. The Hall–Kier alpha value is -2.41. The molecular weight excluding hydrogens is 268 g/mol. The number of para-hydroxylation sites is 1. The number of nitro groups is 1. The zero-order chi connectivity index (χ0) is 13.4. The maximum atomic E-state index is 11.9. The Bertz CT molecular complexity index is 667. The van der Waals surface area contributed by atoms with Gasteiger partial charge in [-0.05, 0) is 18.2 Å². The van der Waals surface area contributed by atoms with Crippen molar-refractivity contribution in [3.8, 4) is 5.75 Å². The Morgan fingerprint density at radius 3 is 2.79 bits per heavy atom. The summed E-state index contributed by atoms with van der Waals surface area (Å²) in [4.78, 5) is 22.7. The van der Waals surface area contributed by atoms with Crippen molar-refractivity contribution in [1.29, 1.82) is 0 Å². The van der Waals surface area contributed by atoms with Crippen LogP contribution in [-0.4, -0.2) is 10.8 Å². The summed E-state index contributed by atoms with van der Waals surface area (Å²) in [6, 6.07) is 9.86. The van der Waals surface area contributed by atoms with Gasteiger partial charge in [0.25, 0.3) is 5.91 Å². The van der Waals surface area contributed by atoms with Gasteiger partial charge in [-0.1, -0.05) is 23.5 Å². The van der Waals surface area contributed by atoms with Crippen LogP contribution in [0.25, 0.3) is 0 Å². The highest BCUT2D eigenvalue weighted by molar-refractivity contribution is 7.15. The van der Waals surface area contributed by atoms with Crippen LogP contribution in [0.2, 0.25) is 0 Å². The Labute approximate surface area is 111 Å². The minimum Gasteiger partial charge on any atom is -0.465 e. The van der Waals surface area contributed by atoms with Crippen LogP contribution in [0.15, 0.2) is 36.4 Å². The molecule has 0 saturated heterocycles. The third-order valence-corrected chi connectivity index (χ3v) is 3.77. The van der Waals surface area contributed by atoms with Gasteiger partial charge in [-0.25, -0.2) is 0 Å². The van der Waals surface area contributed by atoms with Crippen LogP contribution in [0, 0.1) is 10.1 Å². The van der Waals surface area contributed by atoms with E-state index in [1.54, 1.807) is 30.3 Å². The van der Waals surface area contributed by atoms with Crippen molar-refractivity contribution in [2.45, 2.75) is 6.23 Å². The van der Waals surface area contributed by atoms with Crippen molar-refractivity contribution in [2.24, 2.45) is 0 Å². The van der Waals surface area contributed by atoms with E-state index in [4.69, 9.17) is 4.74 Å². The van der Waals surface area contributed by atoms with Crippen LogP contribution in [0.4, 0.5) is 5.00 Å². The zero-order valence-corrected chi connectivity index (χ0v) is 10.3. The molecular formula is C12H8N2O4S. The normalized spacial score (nSPS) is 17.3. The van der Waals surface area contributed by atoms with Gasteiger partial charge in [0.15, 0.2) is 0 Å². The molecule has 1 aliphatic heterocycles. The van der Waals surface area contributed by atoms with Crippen molar-refractivity contribution in [2.75, 3.05) is 0 Å². The molecule has 1 atom stereocenters. The van der Waals surface area contributed by atoms with Crippen molar-refractivity contribution >= 4 is 22.2 Å². The van der Waals surface area contributed by atoms with E-state index in [2.05, 4.69) is 5.32 Å². The number of amides is 1. The maximum Gasteiger partial charge on any atom is 0.324 e. The van der Waals surface area contributed by atoms with E-state index in [1.807, 2.05) is 0 Å². The first-order valence-corrected chi connectivity index (χ1v) is 6.27. The highest BCUT2D eigenvalue weighted by Gasteiger charge is 2.28. The molecule has 2 heterocycles. The predicted molar refractivity (Wildman–Crippen MR) is 68.3 cm³/mol. The third-order valence-electron chi connectivity index (χ3n) is 2.69. The van der Waals surface area contributed by atoms with E-state index in [0.717, 1.165) is 11.3 Å². The number of thiophene rings is 1. The highest BCUT2D eigenvalue weighted by Crippen LogP contribution is 2.34. The molecule has 1 aromatic carbocycles. The smallest absolute Gasteiger partial charge is 0.324 e. The molecule has 0 spiro atoms. The van der Waals surface area contributed by atoms with Crippen LogP contribution in [0.5, 0.6) is 5.75 Å². The van der Waals surface area contributed by atoms with Crippen LogP contribution in [0.1, 0.15) is 21.5 Å². The fourth-order valence-electron chi connectivity index (χ4n) is 1.82. The topological polar surface area (TPSA) is 81.5 Å². The number of hydrogen-bond acceptors (Lipinski definition) is 5. The largest absolute Gasteiger partial charge is 0.465 e. The van der Waals surface area contributed by atoms with E-state index in [9.17, 15) is 14.9 Å². The summed E-state index contributed by atoms with van der Waals surface area (Å²) < 4.78 is 5.64. The summed E-state index contributed by atoms with van der Waals surface area (Å²) in [5.74, 6) is 0.232. The lowest BCUT2D eigenvalue weighted by molar-refractivity contribution is -0.380. The lowest BCUT2D eigenvalue weighted by Crippen LogP contribution is -2.36. The van der Waals surface area contributed by atoms with Gasteiger partial charge < -0.3 is 10.1 Å². The minimum atomic E-state index is -0.680. The summed E-state index contributed by atoms with van der Waals surface area (Å²) in [7, 11) is 0. The Balaban J connectivity index is 1.92. The first-order valence-electron chi connectivity index (χ1n) is 5.46. The number of nitrogens with one attached hydrogen (secondary N) is 1. The molecule has 1 amide bonds. The lowest BCUT2D eigenvalue weighted by atomic mass is 10.1. The molecule has 1 aromatic heterocycles. The first kappa shape index (κ1) is 11.7. The van der Waals surface area contributed by atoms with Crippen LogP contribution >= 0.6 is 11.3 Å². The van der Waals surface area contributed by atoms with Gasteiger partial charge in [0.1, 0.15) is 5.75 Å². The van der Waals surface area contributed by atoms with Gasteiger partial charge in [-0.3, -0.25) is 14.9 Å². The molecule has 7 heteroatoms. The van der Waals surface area contributed by atoms with Crippen molar-refractivity contribution in [1.82, 2.24) is 5.32 Å². The maximum absolute atomic E-state index is 11.9. The van der Waals surface area contributed by atoms with Gasteiger partial charge in [0.05, 0.1) is 15.4 Å². The molecule has 0 fully saturated rings. The standard InChI is InChI=1S/C12H8N2O4S/c15-11-7-3-1-2-4-8(7)18-12(13-11)9-5-6-10(19-9)14(16)17/h1-6,12H,(H,13,15). The average Bonchev–Trinajstić information content (AvgIpc) is 2.88. The van der Waals surface area contributed by atoms with Gasteiger partial charge >= 0.3 is 5.00 Å². The number of fused-ring (bicyclic) bond motifs is 1. The van der Waals surface area contributed by atoms with Gasteiger partial charge in [-0.2, -0.15) is 0 Å². The van der Waals surface area contributed by atoms with E-state index in [1.165, 1.54) is 6.07 Å². The van der Waals surface area contributed by atoms with Crippen LogP contribution in [-0.2, 0) is 0 Å². The number of ether oxygens (including phenoxy) is 1. The molecule has 0 radical (unpaired) electrons. The Morgan fingerprint density at radius 1 is 1.26 bits per heavy atom. The number of benzene rings is 1. The molecule has 3 rings (SSSR count). The number of carbonyl (C=O) groups is 1. The lowest BCUT2D eigenvalue weighted by Gasteiger charge is -2.25. The van der Waals surface area contributed by atoms with Crippen molar-refractivity contribution < 1.29 is 14.5 Å². The molecule has 0 aliphatic carbocycles. The third kappa shape index (κ3) is 2.04. The van der Waals surface area contributed by atoms with E-state index < -0.39 is 11.2 Å². The number of rotatable bonds is 2. The summed E-state index contributed by atoms with van der Waals surface area (Å²) in [6.45, 7) is 0. The van der Waals surface area contributed by atoms with E-state index in [-0.39, 0.29) is 10.9 Å². The minimum absolute atomic E-state index is 0.0201. The fraction of sp³-hybridized carbons (Fsp3) is 0.0833. The van der Waals surface area contributed by atoms with Crippen LogP contribution < -0.4 is 10.1 Å². The predicted octanol–water partition coefficient (Wildman–Crippen LogP) is 2.48. The van der Waals surface area contributed by atoms with E-state index >= 15 is 0 Å². The number of carbonyl (C=O) groups excluding carboxylic acids is 1. The highest BCUT2D eigenvalue weighted by atomic mass is 32.1. The Morgan fingerprint density at radius 2 is 2.05 bits per heavy atom. The monoisotopic (exact) mass is 276 g/mol. The molecule has 0 saturated carbocycles. The quantitative estimate of drug-likeness (QED) is 0.674. The second kappa shape index (κ2) is 4.36. The van der Waals surface area contributed by atoms with Crippen molar-refractivity contribution in [3.05, 3.63) is 57.0 Å². The number of nitrogens with zero attached hydrogens (tertiary/aromatic N) is 1. The van der Waals surface area contributed by atoms with E-state index in [0.29, 0.717) is 16.2 Å². The molecule has 19 heavy (non-hydrogen) atoms. The van der Waals surface area contributed by atoms with Gasteiger partial charge in [-0.15, -0.1) is 0 Å². The summed E-state index contributed by atoms with van der Waals surface area (Å²) >= 11 is 0.985. The molecule has 1 N–H and O–H groups in total. The SMILES string of the molecule is O=C1NC(c2ccc([N+](=O)[O-])s2)Oc2ccccc21. The Kier molecular flexibility index (Phi) is 2.68. The summed E-state index contributed by atoms with van der Waals surface area (Å²) in [5.41, 5.74) is 0.463. The average molecular weight is 276 g/mol. The molecule has 2 aromatic rings. The first-order chi connectivity index (χ1) is 9.15. The molecule has 96 valence electrons. The molecule has 0 bridgehead atoms. The van der Waals surface area contributed by atoms with Crippen molar-refractivity contribution in [3.63, 3.8) is 0 Å². The van der Waals surface area contributed by atoms with Crippen LogP contribution in [0.3, 0.4) is 0 Å². The summed E-state index contributed by atoms with van der Waals surface area (Å²) in [6.07, 6.45) is -0.680. The fourth-order valence-corrected chi connectivity index (χ4v) is 2.62. The van der Waals surface area contributed by atoms with Gasteiger partial charge in [0, 0.05) is 6.07 Å². The second-order valence-electron chi connectivity index (χ2n) is 3.90.